The molecule has 22 heavy (non-hydrogen) atoms. The van der Waals surface area contributed by atoms with Gasteiger partial charge in [-0.25, -0.2) is 0 Å². The summed E-state index contributed by atoms with van der Waals surface area (Å²) in [6.07, 6.45) is -2.94. The molecule has 10 nitrogen and oxygen atoms in total. The first-order valence-corrected chi connectivity index (χ1v) is 5.39. The van der Waals surface area contributed by atoms with Crippen molar-refractivity contribution in [2.45, 2.75) is 30.8 Å². The molecule has 0 aliphatic heterocycles. The molecule has 0 aromatic rings. The van der Waals surface area contributed by atoms with Crippen LogP contribution in [0.25, 0.3) is 0 Å². The van der Waals surface area contributed by atoms with E-state index in [1.54, 1.807) is 0 Å². The quantitative estimate of drug-likeness (QED) is 0.323. The van der Waals surface area contributed by atoms with Crippen molar-refractivity contribution in [1.29, 1.82) is 0 Å². The molecule has 132 valence electrons. The van der Waals surface area contributed by atoms with E-state index in [4.69, 9.17) is 5.73 Å². The second-order valence-corrected chi connectivity index (χ2v) is 4.16. The Morgan fingerprint density at radius 3 is 1.55 bits per heavy atom. The monoisotopic (exact) mass is 414 g/mol. The van der Waals surface area contributed by atoms with E-state index < -0.39 is 61.3 Å². The van der Waals surface area contributed by atoms with E-state index in [2.05, 4.69) is 5.32 Å². The standard InChI is InChI=1S/C10H16N2O8.2Cu/c11-5(1-6(13)14)10(2-7(15)16,3-8(17)18)12-4-9(19)20;;/h5,12H,1-4,11H2,(H,13,14)(H,15,16)(H,17,18)(H,19,20);;/q;2*+2/p-4. The molecule has 0 aromatic heterocycles. The van der Waals surface area contributed by atoms with E-state index in [0.717, 1.165) is 0 Å². The molecule has 0 saturated carbocycles. The SMILES string of the molecule is NC(CC(=O)[O-])C(CC(=O)[O-])(CC(=O)[O-])NCC(=O)[O-].[Cu+2].[Cu+2]. The number of aliphatic carboxylic acids is 4. The minimum Gasteiger partial charge on any atom is -0.550 e. The maximum Gasteiger partial charge on any atom is 2.00 e. The van der Waals surface area contributed by atoms with Crippen molar-refractivity contribution in [3.05, 3.63) is 0 Å². The summed E-state index contributed by atoms with van der Waals surface area (Å²) in [5.41, 5.74) is 3.39. The van der Waals surface area contributed by atoms with Crippen LogP contribution in [0.5, 0.6) is 0 Å². The maximum absolute atomic E-state index is 10.7. The summed E-state index contributed by atoms with van der Waals surface area (Å²) in [7, 11) is 0. The third kappa shape index (κ3) is 9.72. The van der Waals surface area contributed by atoms with E-state index in [1.165, 1.54) is 0 Å². The molecule has 0 heterocycles. The van der Waals surface area contributed by atoms with Crippen LogP contribution in [0.3, 0.4) is 0 Å². The summed E-state index contributed by atoms with van der Waals surface area (Å²) in [4.78, 5) is 42.3. The zero-order valence-corrected chi connectivity index (χ0v) is 12.7. The van der Waals surface area contributed by atoms with Crippen LogP contribution in [-0.2, 0) is 53.3 Å². The van der Waals surface area contributed by atoms with Gasteiger partial charge in [-0.3, -0.25) is 0 Å². The molecule has 0 aliphatic carbocycles. The molecule has 12 heteroatoms. The summed E-state index contributed by atoms with van der Waals surface area (Å²) < 4.78 is 0. The number of carbonyl (C=O) groups excluding carboxylic acids is 4. The Bertz CT molecular complexity index is 402. The average molecular weight is 415 g/mol. The Morgan fingerprint density at radius 1 is 0.864 bits per heavy atom. The van der Waals surface area contributed by atoms with Crippen molar-refractivity contribution < 1.29 is 73.7 Å². The number of hydrogen-bond acceptors (Lipinski definition) is 10. The van der Waals surface area contributed by atoms with Gasteiger partial charge in [0.1, 0.15) is 0 Å². The Labute approximate surface area is 146 Å². The van der Waals surface area contributed by atoms with Crippen molar-refractivity contribution >= 4 is 23.9 Å². The second kappa shape index (κ2) is 11.4. The molecule has 0 aliphatic rings. The van der Waals surface area contributed by atoms with Gasteiger partial charge in [0.2, 0.25) is 0 Å². The average Bonchev–Trinajstić information content (AvgIpc) is 2.23. The summed E-state index contributed by atoms with van der Waals surface area (Å²) in [5, 5.41) is 44.3. The normalized spacial score (nSPS) is 11.5. The van der Waals surface area contributed by atoms with Crippen LogP contribution >= 0.6 is 0 Å². The van der Waals surface area contributed by atoms with Gasteiger partial charge in [0.15, 0.2) is 0 Å². The molecule has 2 radical (unpaired) electrons. The smallest absolute Gasteiger partial charge is 0.550 e. The van der Waals surface area contributed by atoms with Crippen LogP contribution in [0, 0.1) is 0 Å². The molecule has 0 amide bonds. The number of rotatable bonds is 10. The van der Waals surface area contributed by atoms with E-state index in [0.29, 0.717) is 0 Å². The van der Waals surface area contributed by atoms with Crippen LogP contribution in [0.1, 0.15) is 19.3 Å². The number of nitrogens with one attached hydrogen (secondary N) is 1. The fraction of sp³-hybridized carbons (Fsp3) is 0.600. The zero-order chi connectivity index (χ0) is 15.9. The number of carboxylic acid groups (broad SMARTS) is 4. The van der Waals surface area contributed by atoms with Crippen molar-refractivity contribution in [1.82, 2.24) is 5.32 Å². The van der Waals surface area contributed by atoms with Crippen molar-refractivity contribution in [2.75, 3.05) is 6.54 Å². The first-order valence-electron chi connectivity index (χ1n) is 5.39. The largest absolute Gasteiger partial charge is 2.00 e. The second-order valence-electron chi connectivity index (χ2n) is 4.16. The van der Waals surface area contributed by atoms with Gasteiger partial charge in [-0.15, -0.1) is 0 Å². The molecular weight excluding hydrogens is 403 g/mol. The fourth-order valence-corrected chi connectivity index (χ4v) is 1.72. The van der Waals surface area contributed by atoms with Gasteiger partial charge in [0.25, 0.3) is 0 Å². The summed E-state index contributed by atoms with van der Waals surface area (Å²) in [6, 6.07) is -1.55. The molecule has 1 unspecified atom stereocenters. The van der Waals surface area contributed by atoms with Crippen molar-refractivity contribution in [2.24, 2.45) is 5.73 Å². The first kappa shape index (κ1) is 25.8. The number of hydrogen-bond donors (Lipinski definition) is 2. The van der Waals surface area contributed by atoms with Gasteiger partial charge in [-0.1, -0.05) is 0 Å². The van der Waals surface area contributed by atoms with Crippen molar-refractivity contribution in [3.63, 3.8) is 0 Å². The number of nitrogens with two attached hydrogens (primary N) is 1. The minimum atomic E-state index is -2.07. The summed E-state index contributed by atoms with van der Waals surface area (Å²) in [6.45, 7) is -0.929. The Hall–Kier alpha value is -1.16. The zero-order valence-electron chi connectivity index (χ0n) is 10.9. The molecule has 0 aromatic carbocycles. The first-order chi connectivity index (χ1) is 9.09. The Kier molecular flexibility index (Phi) is 13.4. The minimum absolute atomic E-state index is 0. The predicted molar refractivity (Wildman–Crippen MR) is 52.6 cm³/mol. The molecule has 1 atom stereocenters. The molecule has 0 spiro atoms. The summed E-state index contributed by atoms with van der Waals surface area (Å²) >= 11 is 0. The van der Waals surface area contributed by atoms with Gasteiger partial charge in [-0.05, 0) is 0 Å². The molecular formula is C10H12Cu2N2O8. The molecule has 3 N–H and O–H groups in total. The molecule has 0 saturated heterocycles. The number of carbonyl (C=O) groups is 4. The Morgan fingerprint density at radius 2 is 1.27 bits per heavy atom. The third-order valence-corrected chi connectivity index (χ3v) is 2.60. The van der Waals surface area contributed by atoms with E-state index >= 15 is 0 Å². The number of carboxylic acids is 4. The van der Waals surface area contributed by atoms with Crippen LogP contribution in [-0.4, -0.2) is 42.0 Å². The van der Waals surface area contributed by atoms with Gasteiger partial charge < -0.3 is 50.7 Å². The van der Waals surface area contributed by atoms with Gasteiger partial charge in [0.05, 0.1) is 5.97 Å². The maximum atomic E-state index is 10.7. The van der Waals surface area contributed by atoms with Crippen LogP contribution in [0.2, 0.25) is 0 Å². The van der Waals surface area contributed by atoms with Crippen LogP contribution < -0.4 is 31.5 Å². The third-order valence-electron chi connectivity index (χ3n) is 2.60. The molecule has 0 bridgehead atoms. The van der Waals surface area contributed by atoms with Crippen LogP contribution in [0.15, 0.2) is 0 Å². The van der Waals surface area contributed by atoms with Crippen LogP contribution in [0.4, 0.5) is 0 Å². The van der Waals surface area contributed by atoms with Crippen molar-refractivity contribution in [3.8, 4) is 0 Å². The Balaban J connectivity index is -0.00000180. The van der Waals surface area contributed by atoms with Gasteiger partial charge in [0, 0.05) is 55.3 Å². The summed E-state index contributed by atoms with van der Waals surface area (Å²) in [5.74, 6) is -6.81. The van der Waals surface area contributed by atoms with Gasteiger partial charge >= 0.3 is 34.1 Å². The molecule has 0 rings (SSSR count). The van der Waals surface area contributed by atoms with E-state index in [1.807, 2.05) is 0 Å². The molecule has 0 fully saturated rings. The topological polar surface area (TPSA) is 199 Å². The van der Waals surface area contributed by atoms with E-state index in [9.17, 15) is 39.6 Å². The predicted octanol–water partition coefficient (Wildman–Crippen LogP) is -7.19. The van der Waals surface area contributed by atoms with Gasteiger partial charge in [-0.2, -0.15) is 0 Å². The fourth-order valence-electron chi connectivity index (χ4n) is 1.72. The van der Waals surface area contributed by atoms with E-state index in [-0.39, 0.29) is 34.1 Å².